The number of primary amides is 1. The molecule has 106 valence electrons. The lowest BCUT2D eigenvalue weighted by Gasteiger charge is -2.04. The Kier molecular flexibility index (Phi) is 5.62. The van der Waals surface area contributed by atoms with E-state index in [9.17, 15) is 9.59 Å². The average Bonchev–Trinajstić information content (AvgIpc) is 2.71. The highest BCUT2D eigenvalue weighted by Crippen LogP contribution is 2.35. The lowest BCUT2D eigenvalue weighted by atomic mass is 10.2. The largest absolute Gasteiger partial charge is 0.397 e. The molecule has 6 nitrogen and oxygen atoms in total. The molecule has 2 amide bonds. The van der Waals surface area contributed by atoms with Crippen molar-refractivity contribution in [3.63, 3.8) is 0 Å². The van der Waals surface area contributed by atoms with Crippen molar-refractivity contribution in [2.45, 2.75) is 26.2 Å². The normalized spacial score (nSPS) is 10.2. The van der Waals surface area contributed by atoms with Gasteiger partial charge in [0.1, 0.15) is 9.88 Å². The van der Waals surface area contributed by atoms with Crippen molar-refractivity contribution in [3.8, 4) is 0 Å². The van der Waals surface area contributed by atoms with Crippen LogP contribution in [-0.2, 0) is 0 Å². The Bertz CT molecular complexity index is 471. The summed E-state index contributed by atoms with van der Waals surface area (Å²) < 4.78 is 0. The number of hydrogen-bond donors (Lipinski definition) is 4. The topological polar surface area (TPSA) is 110 Å². The number of nitrogen functional groups attached to an aromatic ring is 1. The first-order valence-corrected chi connectivity index (χ1v) is 7.02. The molecule has 0 atom stereocenters. The summed E-state index contributed by atoms with van der Waals surface area (Å²) in [6, 6.07) is 0. The molecule has 1 aromatic rings. The van der Waals surface area contributed by atoms with Crippen LogP contribution in [0.4, 0.5) is 10.7 Å². The Hall–Kier alpha value is -1.76. The van der Waals surface area contributed by atoms with Gasteiger partial charge < -0.3 is 22.1 Å². The second-order valence-electron chi connectivity index (χ2n) is 4.13. The van der Waals surface area contributed by atoms with Crippen LogP contribution >= 0.6 is 11.3 Å². The van der Waals surface area contributed by atoms with E-state index in [0.717, 1.165) is 37.1 Å². The van der Waals surface area contributed by atoms with Gasteiger partial charge in [-0.1, -0.05) is 19.8 Å². The van der Waals surface area contributed by atoms with Gasteiger partial charge in [-0.25, -0.2) is 0 Å². The Morgan fingerprint density at radius 2 is 2.00 bits per heavy atom. The molecule has 7 heteroatoms. The first-order valence-electron chi connectivity index (χ1n) is 6.20. The van der Waals surface area contributed by atoms with Crippen molar-refractivity contribution in [3.05, 3.63) is 10.4 Å². The molecule has 19 heavy (non-hydrogen) atoms. The van der Waals surface area contributed by atoms with Crippen molar-refractivity contribution >= 4 is 33.8 Å². The highest BCUT2D eigenvalue weighted by molar-refractivity contribution is 7.19. The molecule has 0 fully saturated rings. The van der Waals surface area contributed by atoms with Gasteiger partial charge in [0, 0.05) is 13.6 Å². The maximum atomic E-state index is 11.6. The highest BCUT2D eigenvalue weighted by atomic mass is 32.1. The summed E-state index contributed by atoms with van der Waals surface area (Å²) >= 11 is 1.16. The summed E-state index contributed by atoms with van der Waals surface area (Å²) in [5.41, 5.74) is 11.5. The van der Waals surface area contributed by atoms with Crippen molar-refractivity contribution < 1.29 is 9.59 Å². The van der Waals surface area contributed by atoms with Gasteiger partial charge in [0.15, 0.2) is 0 Å². The SMILES string of the molecule is CCCCCNc1sc(C(=O)NC)c(N)c1C(N)=O. The number of amides is 2. The molecule has 6 N–H and O–H groups in total. The lowest BCUT2D eigenvalue weighted by molar-refractivity contribution is 0.0967. The van der Waals surface area contributed by atoms with E-state index in [1.54, 1.807) is 0 Å². The Morgan fingerprint density at radius 1 is 1.32 bits per heavy atom. The molecule has 0 aliphatic carbocycles. The van der Waals surface area contributed by atoms with Crippen LogP contribution in [-0.4, -0.2) is 25.4 Å². The van der Waals surface area contributed by atoms with E-state index in [4.69, 9.17) is 11.5 Å². The van der Waals surface area contributed by atoms with Crippen LogP contribution in [0.15, 0.2) is 0 Å². The predicted octanol–water partition coefficient (Wildman–Crippen LogP) is 1.39. The minimum absolute atomic E-state index is 0.148. The third-order valence-corrected chi connectivity index (χ3v) is 3.85. The van der Waals surface area contributed by atoms with Crippen LogP contribution in [0.25, 0.3) is 0 Å². The molecule has 0 radical (unpaired) electrons. The number of nitrogens with one attached hydrogen (secondary N) is 2. The minimum atomic E-state index is -0.623. The van der Waals surface area contributed by atoms with Crippen molar-refractivity contribution in [2.24, 2.45) is 5.73 Å². The number of rotatable bonds is 7. The lowest BCUT2D eigenvalue weighted by Crippen LogP contribution is -2.19. The molecule has 0 saturated heterocycles. The first kappa shape index (κ1) is 15.3. The second kappa shape index (κ2) is 6.98. The number of carbonyl (C=O) groups excluding carboxylic acids is 2. The number of anilines is 2. The van der Waals surface area contributed by atoms with Gasteiger partial charge in [0.2, 0.25) is 0 Å². The maximum absolute atomic E-state index is 11.6. The van der Waals surface area contributed by atoms with Gasteiger partial charge in [-0.2, -0.15) is 0 Å². The standard InChI is InChI=1S/C12H20N4O2S/c1-3-4-5-6-16-12-7(10(14)17)8(13)9(19-12)11(18)15-2/h16H,3-6,13H2,1-2H3,(H2,14,17)(H,15,18). The van der Waals surface area contributed by atoms with Crippen LogP contribution in [0.3, 0.4) is 0 Å². The van der Waals surface area contributed by atoms with E-state index in [1.807, 2.05) is 0 Å². The van der Waals surface area contributed by atoms with Gasteiger partial charge in [0.05, 0.1) is 11.3 Å². The molecule has 1 heterocycles. The molecular weight excluding hydrogens is 264 g/mol. The average molecular weight is 284 g/mol. The number of hydrogen-bond acceptors (Lipinski definition) is 5. The van der Waals surface area contributed by atoms with E-state index >= 15 is 0 Å². The third kappa shape index (κ3) is 3.60. The molecule has 0 bridgehead atoms. The molecule has 0 aliphatic rings. The fraction of sp³-hybridized carbons (Fsp3) is 0.500. The molecule has 1 rings (SSSR count). The summed E-state index contributed by atoms with van der Waals surface area (Å²) in [7, 11) is 1.51. The summed E-state index contributed by atoms with van der Waals surface area (Å²) in [4.78, 5) is 23.4. The van der Waals surface area contributed by atoms with Crippen LogP contribution in [0.1, 0.15) is 46.2 Å². The van der Waals surface area contributed by atoms with Crippen molar-refractivity contribution in [1.82, 2.24) is 5.32 Å². The van der Waals surface area contributed by atoms with Crippen molar-refractivity contribution in [1.29, 1.82) is 0 Å². The predicted molar refractivity (Wildman–Crippen MR) is 78.7 cm³/mol. The van der Waals surface area contributed by atoms with Gasteiger partial charge in [-0.15, -0.1) is 11.3 Å². The summed E-state index contributed by atoms with van der Waals surface area (Å²) in [6.07, 6.45) is 3.20. The molecule has 0 aliphatic heterocycles. The molecule has 0 spiro atoms. The second-order valence-corrected chi connectivity index (χ2v) is 5.15. The number of nitrogens with two attached hydrogens (primary N) is 2. The number of unbranched alkanes of at least 4 members (excludes halogenated alkanes) is 2. The van der Waals surface area contributed by atoms with E-state index in [1.165, 1.54) is 7.05 Å². The smallest absolute Gasteiger partial charge is 0.263 e. The third-order valence-electron chi connectivity index (χ3n) is 2.69. The minimum Gasteiger partial charge on any atom is -0.397 e. The fourth-order valence-corrected chi connectivity index (χ4v) is 2.77. The van der Waals surface area contributed by atoms with E-state index < -0.39 is 5.91 Å². The van der Waals surface area contributed by atoms with Gasteiger partial charge in [-0.05, 0) is 6.42 Å². The number of carbonyl (C=O) groups is 2. The summed E-state index contributed by atoms with van der Waals surface area (Å²) in [6.45, 7) is 2.84. The van der Waals surface area contributed by atoms with Crippen LogP contribution in [0, 0.1) is 0 Å². The summed E-state index contributed by atoms with van der Waals surface area (Å²) in [5, 5.41) is 6.19. The zero-order valence-corrected chi connectivity index (χ0v) is 12.0. The number of thiophene rings is 1. The zero-order chi connectivity index (χ0) is 14.4. The molecule has 0 aromatic carbocycles. The van der Waals surface area contributed by atoms with Crippen molar-refractivity contribution in [2.75, 3.05) is 24.6 Å². The monoisotopic (exact) mass is 284 g/mol. The fourth-order valence-electron chi connectivity index (χ4n) is 1.67. The van der Waals surface area contributed by atoms with Crippen LogP contribution < -0.4 is 22.1 Å². The van der Waals surface area contributed by atoms with Crippen LogP contribution in [0.5, 0.6) is 0 Å². The van der Waals surface area contributed by atoms with E-state index in [2.05, 4.69) is 17.6 Å². The molecule has 1 aromatic heterocycles. The molecular formula is C12H20N4O2S. The molecule has 0 unspecified atom stereocenters. The van der Waals surface area contributed by atoms with Gasteiger partial charge in [0.25, 0.3) is 11.8 Å². The van der Waals surface area contributed by atoms with Gasteiger partial charge >= 0.3 is 0 Å². The van der Waals surface area contributed by atoms with Gasteiger partial charge in [-0.3, -0.25) is 9.59 Å². The quantitative estimate of drug-likeness (QED) is 0.567. The Labute approximate surface area is 116 Å². The molecule has 0 saturated carbocycles. The Balaban J connectivity index is 2.95. The maximum Gasteiger partial charge on any atom is 0.263 e. The Morgan fingerprint density at radius 3 is 2.53 bits per heavy atom. The highest BCUT2D eigenvalue weighted by Gasteiger charge is 2.23. The van der Waals surface area contributed by atoms with E-state index in [-0.39, 0.29) is 17.2 Å². The van der Waals surface area contributed by atoms with E-state index in [0.29, 0.717) is 9.88 Å². The summed E-state index contributed by atoms with van der Waals surface area (Å²) in [5.74, 6) is -0.937. The first-order chi connectivity index (χ1) is 9.02. The zero-order valence-electron chi connectivity index (χ0n) is 11.2. The van der Waals surface area contributed by atoms with Crippen LogP contribution in [0.2, 0.25) is 0 Å².